The molecule has 2 heteroatoms. The van der Waals surface area contributed by atoms with Gasteiger partial charge in [0.25, 0.3) is 0 Å². The van der Waals surface area contributed by atoms with Gasteiger partial charge in [-0.15, -0.1) is 0 Å². The predicted molar refractivity (Wildman–Crippen MR) is 69.7 cm³/mol. The number of allylic oxidation sites excluding steroid dienone is 4. The highest BCUT2D eigenvalue weighted by Crippen LogP contribution is 2.42. The summed E-state index contributed by atoms with van der Waals surface area (Å²) in [6.45, 7) is 6.73. The highest BCUT2D eigenvalue weighted by Gasteiger charge is 2.31. The molecule has 17 heavy (non-hydrogen) atoms. The zero-order chi connectivity index (χ0) is 12.9. The summed E-state index contributed by atoms with van der Waals surface area (Å²) in [6.07, 6.45) is 9.23. The third kappa shape index (κ3) is 3.65. The Hall–Kier alpha value is -1.18. The molecule has 0 N–H and O–H groups in total. The van der Waals surface area contributed by atoms with Gasteiger partial charge in [0.05, 0.1) is 0 Å². The first kappa shape index (κ1) is 13.9. The van der Waals surface area contributed by atoms with E-state index in [9.17, 15) is 9.59 Å². The lowest BCUT2D eigenvalue weighted by Crippen LogP contribution is -2.27. The molecule has 0 spiro atoms. The van der Waals surface area contributed by atoms with E-state index in [-0.39, 0.29) is 11.8 Å². The average molecular weight is 234 g/mol. The maximum Gasteiger partial charge on any atom is 0.146 e. The fourth-order valence-corrected chi connectivity index (χ4v) is 2.65. The van der Waals surface area contributed by atoms with Crippen LogP contribution in [-0.4, -0.2) is 12.6 Å². The van der Waals surface area contributed by atoms with Crippen LogP contribution in [0, 0.1) is 11.3 Å². The van der Waals surface area contributed by atoms with Gasteiger partial charge in [0.15, 0.2) is 0 Å². The van der Waals surface area contributed by atoms with Crippen molar-refractivity contribution >= 4 is 12.6 Å². The van der Waals surface area contributed by atoms with E-state index < -0.39 is 0 Å². The largest absolute Gasteiger partial charge is 0.303 e. The average Bonchev–Trinajstić information content (AvgIpc) is 2.26. The van der Waals surface area contributed by atoms with Crippen molar-refractivity contribution in [1.82, 2.24) is 0 Å². The molecule has 0 saturated carbocycles. The topological polar surface area (TPSA) is 34.1 Å². The number of hydrogen-bond donors (Lipinski definition) is 0. The third-order valence-corrected chi connectivity index (χ3v) is 3.83. The predicted octanol–water partition coefficient (Wildman–Crippen LogP) is 3.47. The third-order valence-electron chi connectivity index (χ3n) is 3.83. The molecule has 0 amide bonds. The first-order valence-electron chi connectivity index (χ1n) is 6.25. The molecule has 0 aromatic rings. The number of rotatable bonds is 5. The van der Waals surface area contributed by atoms with Crippen molar-refractivity contribution in [1.29, 1.82) is 0 Å². The van der Waals surface area contributed by atoms with Crippen LogP contribution >= 0.6 is 0 Å². The summed E-state index contributed by atoms with van der Waals surface area (Å²) in [5.41, 5.74) is 2.30. The molecule has 1 unspecified atom stereocenters. The Morgan fingerprint density at radius 1 is 1.47 bits per heavy atom. The molecule has 1 aliphatic rings. The Balaban J connectivity index is 2.78. The molecule has 0 aromatic heterocycles. The lowest BCUT2D eigenvalue weighted by atomic mass is 9.67. The molecule has 0 bridgehead atoms. The van der Waals surface area contributed by atoms with Crippen LogP contribution in [0.3, 0.4) is 0 Å². The number of carbonyl (C=O) groups excluding carboxylic acids is 2. The van der Waals surface area contributed by atoms with Gasteiger partial charge in [-0.25, -0.2) is 0 Å². The van der Waals surface area contributed by atoms with Crippen LogP contribution in [0.25, 0.3) is 0 Å². The summed E-state index contributed by atoms with van der Waals surface area (Å²) >= 11 is 0. The fourth-order valence-electron chi connectivity index (χ4n) is 2.65. The molecule has 1 aliphatic carbocycles. The molecule has 1 atom stereocenters. The SMILES string of the molecule is CC1=CCCC(C)(C)C1C/C=C(/C=O)CC=O. The minimum Gasteiger partial charge on any atom is -0.303 e. The van der Waals surface area contributed by atoms with E-state index in [1.165, 1.54) is 12.0 Å². The van der Waals surface area contributed by atoms with Gasteiger partial charge in [0, 0.05) is 6.42 Å². The molecule has 0 radical (unpaired) electrons. The quantitative estimate of drug-likeness (QED) is 0.414. The smallest absolute Gasteiger partial charge is 0.146 e. The van der Waals surface area contributed by atoms with Crippen LogP contribution in [0.15, 0.2) is 23.3 Å². The zero-order valence-electron chi connectivity index (χ0n) is 11.0. The van der Waals surface area contributed by atoms with Gasteiger partial charge in [0.1, 0.15) is 12.6 Å². The first-order valence-corrected chi connectivity index (χ1v) is 6.25. The van der Waals surface area contributed by atoms with Gasteiger partial charge in [0.2, 0.25) is 0 Å². The Labute approximate surface area is 104 Å². The lowest BCUT2D eigenvalue weighted by Gasteiger charge is -2.38. The van der Waals surface area contributed by atoms with Crippen LogP contribution in [0.4, 0.5) is 0 Å². The maximum absolute atomic E-state index is 10.8. The molecule has 0 heterocycles. The van der Waals surface area contributed by atoms with E-state index in [0.717, 1.165) is 25.4 Å². The van der Waals surface area contributed by atoms with Crippen LogP contribution in [0.5, 0.6) is 0 Å². The molecular formula is C15H22O2. The summed E-state index contributed by atoms with van der Waals surface area (Å²) in [5.74, 6) is 0.484. The number of hydrogen-bond acceptors (Lipinski definition) is 2. The summed E-state index contributed by atoms with van der Waals surface area (Å²) < 4.78 is 0. The lowest BCUT2D eigenvalue weighted by molar-refractivity contribution is -0.109. The monoisotopic (exact) mass is 234 g/mol. The Morgan fingerprint density at radius 2 is 2.18 bits per heavy atom. The highest BCUT2D eigenvalue weighted by atomic mass is 16.1. The molecule has 94 valence electrons. The highest BCUT2D eigenvalue weighted by molar-refractivity contribution is 5.78. The standard InChI is InChI=1S/C15H22O2/c1-12-5-4-9-15(2,3)14(12)7-6-13(11-17)8-10-16/h5-6,10-11,14H,4,7-9H2,1-3H3/b13-6+. The van der Waals surface area contributed by atoms with Crippen molar-refractivity contribution in [2.45, 2.75) is 46.5 Å². The molecule has 0 saturated heterocycles. The van der Waals surface area contributed by atoms with Crippen molar-refractivity contribution in [3.05, 3.63) is 23.3 Å². The number of carbonyl (C=O) groups is 2. The summed E-state index contributed by atoms with van der Waals surface area (Å²) in [6, 6.07) is 0. The molecule has 2 nitrogen and oxygen atoms in total. The Morgan fingerprint density at radius 3 is 2.71 bits per heavy atom. The zero-order valence-corrected chi connectivity index (χ0v) is 11.0. The van der Waals surface area contributed by atoms with E-state index in [4.69, 9.17) is 0 Å². The molecule has 1 rings (SSSR count). The van der Waals surface area contributed by atoms with E-state index in [1.807, 2.05) is 6.08 Å². The van der Waals surface area contributed by atoms with Gasteiger partial charge < -0.3 is 4.79 Å². The Bertz CT molecular complexity index is 348. The second-order valence-corrected chi connectivity index (χ2v) is 5.53. The van der Waals surface area contributed by atoms with Crippen molar-refractivity contribution < 1.29 is 9.59 Å². The van der Waals surface area contributed by atoms with Crippen LogP contribution in [-0.2, 0) is 9.59 Å². The van der Waals surface area contributed by atoms with Gasteiger partial charge in [-0.2, -0.15) is 0 Å². The minimum atomic E-state index is 0.236. The summed E-state index contributed by atoms with van der Waals surface area (Å²) in [5, 5.41) is 0. The number of aldehydes is 2. The van der Waals surface area contributed by atoms with Gasteiger partial charge in [-0.1, -0.05) is 31.6 Å². The van der Waals surface area contributed by atoms with Crippen LogP contribution in [0.2, 0.25) is 0 Å². The van der Waals surface area contributed by atoms with Crippen molar-refractivity contribution in [2.75, 3.05) is 0 Å². The van der Waals surface area contributed by atoms with Crippen LogP contribution < -0.4 is 0 Å². The molecule has 0 aromatic carbocycles. The summed E-state index contributed by atoms with van der Waals surface area (Å²) in [4.78, 5) is 21.2. The Kier molecular flexibility index (Phi) is 4.86. The van der Waals surface area contributed by atoms with E-state index in [0.29, 0.717) is 11.5 Å². The molecule has 0 fully saturated rings. The van der Waals surface area contributed by atoms with Gasteiger partial charge in [-0.3, -0.25) is 4.79 Å². The van der Waals surface area contributed by atoms with E-state index in [2.05, 4.69) is 26.8 Å². The summed E-state index contributed by atoms with van der Waals surface area (Å²) in [7, 11) is 0. The van der Waals surface area contributed by atoms with Crippen molar-refractivity contribution in [2.24, 2.45) is 11.3 Å². The van der Waals surface area contributed by atoms with E-state index >= 15 is 0 Å². The first-order chi connectivity index (χ1) is 8.01. The van der Waals surface area contributed by atoms with Crippen molar-refractivity contribution in [3.63, 3.8) is 0 Å². The minimum absolute atomic E-state index is 0.236. The van der Waals surface area contributed by atoms with E-state index in [1.54, 1.807) is 0 Å². The van der Waals surface area contributed by atoms with Gasteiger partial charge in [-0.05, 0) is 43.1 Å². The maximum atomic E-state index is 10.8. The van der Waals surface area contributed by atoms with Crippen LogP contribution in [0.1, 0.15) is 46.5 Å². The normalized spacial score (nSPS) is 24.1. The second-order valence-electron chi connectivity index (χ2n) is 5.53. The second kappa shape index (κ2) is 5.95. The van der Waals surface area contributed by atoms with Crippen molar-refractivity contribution in [3.8, 4) is 0 Å². The molecule has 0 aliphatic heterocycles. The molecular weight excluding hydrogens is 212 g/mol. The fraction of sp³-hybridized carbons (Fsp3) is 0.600. The van der Waals surface area contributed by atoms with Gasteiger partial charge >= 0.3 is 0 Å².